The highest BCUT2D eigenvalue weighted by atomic mass is 16.2. The van der Waals surface area contributed by atoms with Crippen LogP contribution in [-0.4, -0.2) is 83.3 Å². The van der Waals surface area contributed by atoms with Crippen molar-refractivity contribution in [3.63, 3.8) is 0 Å². The fraction of sp³-hybridized carbons (Fsp3) is 0.615. The molecule has 2 saturated heterocycles. The van der Waals surface area contributed by atoms with Gasteiger partial charge in [-0.15, -0.1) is 0 Å². The molecule has 1 saturated carbocycles. The van der Waals surface area contributed by atoms with Crippen molar-refractivity contribution in [3.8, 4) is 0 Å². The van der Waals surface area contributed by atoms with Gasteiger partial charge in [0.05, 0.1) is 6.54 Å². The number of urea groups is 1. The predicted octanol–water partition coefficient (Wildman–Crippen LogP) is 2.28. The maximum Gasteiger partial charge on any atom is 0.325 e. The van der Waals surface area contributed by atoms with Gasteiger partial charge in [-0.05, 0) is 56.6 Å². The summed E-state index contributed by atoms with van der Waals surface area (Å²) >= 11 is 0. The van der Waals surface area contributed by atoms with Crippen LogP contribution < -0.4 is 10.6 Å². The van der Waals surface area contributed by atoms with E-state index in [0.717, 1.165) is 41.0 Å². The van der Waals surface area contributed by atoms with Gasteiger partial charge in [-0.3, -0.25) is 24.2 Å². The SMILES string of the molecule is CCC1CCC2(CC1)NC(=O)N(CC(=O)N1CCN(CC(=O)Nc3c(C)cccc3C)CC1)C2=O. The summed E-state index contributed by atoms with van der Waals surface area (Å²) in [5.41, 5.74) is 2.06. The first-order chi connectivity index (χ1) is 16.7. The lowest BCUT2D eigenvalue weighted by Gasteiger charge is -2.35. The fourth-order valence-electron chi connectivity index (χ4n) is 5.52. The third kappa shape index (κ3) is 5.34. The summed E-state index contributed by atoms with van der Waals surface area (Å²) < 4.78 is 0. The summed E-state index contributed by atoms with van der Waals surface area (Å²) in [5.74, 6) is 0.0318. The molecule has 2 heterocycles. The van der Waals surface area contributed by atoms with Crippen LogP contribution in [0.3, 0.4) is 0 Å². The maximum atomic E-state index is 13.1. The van der Waals surface area contributed by atoms with Gasteiger partial charge in [-0.1, -0.05) is 31.5 Å². The fourth-order valence-corrected chi connectivity index (χ4v) is 5.52. The lowest BCUT2D eigenvalue weighted by atomic mass is 9.75. The smallest absolute Gasteiger partial charge is 0.325 e. The molecule has 0 atom stereocenters. The number of imide groups is 1. The zero-order valence-corrected chi connectivity index (χ0v) is 21.1. The molecule has 0 unspecified atom stereocenters. The molecule has 4 rings (SSSR count). The van der Waals surface area contributed by atoms with Crippen LogP contribution in [0.1, 0.15) is 50.2 Å². The quantitative estimate of drug-likeness (QED) is 0.605. The number of amides is 5. The van der Waals surface area contributed by atoms with E-state index in [4.69, 9.17) is 0 Å². The Hall–Kier alpha value is -2.94. The Morgan fingerprint density at radius 2 is 1.66 bits per heavy atom. The Balaban J connectivity index is 1.25. The molecule has 190 valence electrons. The van der Waals surface area contributed by atoms with Crippen LogP contribution in [0, 0.1) is 19.8 Å². The minimum atomic E-state index is -0.829. The van der Waals surface area contributed by atoms with E-state index >= 15 is 0 Å². The van der Waals surface area contributed by atoms with Crippen LogP contribution in [0.15, 0.2) is 18.2 Å². The van der Waals surface area contributed by atoms with Gasteiger partial charge in [0.15, 0.2) is 0 Å². The number of carbonyl (C=O) groups is 4. The van der Waals surface area contributed by atoms with Crippen LogP contribution in [0.5, 0.6) is 0 Å². The monoisotopic (exact) mass is 483 g/mol. The van der Waals surface area contributed by atoms with Crippen molar-refractivity contribution in [2.75, 3.05) is 44.6 Å². The van der Waals surface area contributed by atoms with Gasteiger partial charge >= 0.3 is 6.03 Å². The number of aryl methyl sites for hydroxylation is 2. The minimum Gasteiger partial charge on any atom is -0.339 e. The molecule has 9 nitrogen and oxygen atoms in total. The highest BCUT2D eigenvalue weighted by Gasteiger charge is 2.52. The molecule has 1 aromatic carbocycles. The van der Waals surface area contributed by atoms with Crippen molar-refractivity contribution < 1.29 is 19.2 Å². The maximum absolute atomic E-state index is 13.1. The molecule has 0 bridgehead atoms. The second-order valence-electron chi connectivity index (χ2n) is 10.2. The van der Waals surface area contributed by atoms with E-state index in [0.29, 0.717) is 44.9 Å². The first kappa shape index (κ1) is 25.2. The standard InChI is InChI=1S/C26H37N5O4/c1-4-20-8-10-26(11-9-20)24(34)31(25(35)28-26)17-22(33)30-14-12-29(13-15-30)16-21(32)27-23-18(2)6-5-7-19(23)3/h5-7,20H,4,8-17H2,1-3H3,(H,27,32)(H,28,35). The van der Waals surface area contributed by atoms with Gasteiger partial charge in [-0.25, -0.2) is 4.79 Å². The van der Waals surface area contributed by atoms with E-state index in [2.05, 4.69) is 17.6 Å². The Morgan fingerprint density at radius 1 is 1.03 bits per heavy atom. The number of carbonyl (C=O) groups excluding carboxylic acids is 4. The molecule has 3 fully saturated rings. The molecule has 2 N–H and O–H groups in total. The Bertz CT molecular complexity index is 973. The zero-order chi connectivity index (χ0) is 25.2. The summed E-state index contributed by atoms with van der Waals surface area (Å²) in [4.78, 5) is 55.9. The molecule has 3 aliphatic rings. The molecule has 9 heteroatoms. The summed E-state index contributed by atoms with van der Waals surface area (Å²) in [7, 11) is 0. The third-order valence-electron chi connectivity index (χ3n) is 7.91. The number of anilines is 1. The summed E-state index contributed by atoms with van der Waals surface area (Å²) in [6.07, 6.45) is 4.21. The van der Waals surface area contributed by atoms with Crippen LogP contribution in [0.25, 0.3) is 0 Å². The molecular formula is C26H37N5O4. The molecule has 1 aromatic rings. The van der Waals surface area contributed by atoms with Crippen molar-refractivity contribution in [1.29, 1.82) is 0 Å². The Morgan fingerprint density at radius 3 is 2.26 bits per heavy atom. The van der Waals surface area contributed by atoms with Gasteiger partial charge in [0.2, 0.25) is 11.8 Å². The molecule has 35 heavy (non-hydrogen) atoms. The van der Waals surface area contributed by atoms with Crippen LogP contribution in [0.2, 0.25) is 0 Å². The number of hydrogen-bond donors (Lipinski definition) is 2. The van der Waals surface area contributed by atoms with E-state index < -0.39 is 11.6 Å². The predicted molar refractivity (Wildman–Crippen MR) is 133 cm³/mol. The number of nitrogens with one attached hydrogen (secondary N) is 2. The number of benzene rings is 1. The van der Waals surface area contributed by atoms with Gasteiger partial charge in [-0.2, -0.15) is 0 Å². The van der Waals surface area contributed by atoms with Crippen molar-refractivity contribution in [2.45, 2.75) is 58.4 Å². The largest absolute Gasteiger partial charge is 0.339 e. The number of piperazine rings is 1. The highest BCUT2D eigenvalue weighted by Crippen LogP contribution is 2.37. The number of nitrogens with zero attached hydrogens (tertiary/aromatic N) is 3. The van der Waals surface area contributed by atoms with Crippen LogP contribution in [-0.2, 0) is 14.4 Å². The third-order valence-corrected chi connectivity index (χ3v) is 7.91. The number of para-hydroxylation sites is 1. The molecule has 5 amide bonds. The molecule has 0 radical (unpaired) electrons. The van der Waals surface area contributed by atoms with E-state index in [-0.39, 0.29) is 30.8 Å². The minimum absolute atomic E-state index is 0.0791. The van der Waals surface area contributed by atoms with Crippen molar-refractivity contribution in [3.05, 3.63) is 29.3 Å². The highest BCUT2D eigenvalue weighted by molar-refractivity contribution is 6.09. The topological polar surface area (TPSA) is 102 Å². The second-order valence-corrected chi connectivity index (χ2v) is 10.2. The molecule has 1 aliphatic carbocycles. The van der Waals surface area contributed by atoms with E-state index in [1.54, 1.807) is 4.90 Å². The van der Waals surface area contributed by atoms with Crippen molar-refractivity contribution >= 4 is 29.4 Å². The first-order valence-electron chi connectivity index (χ1n) is 12.7. The average molecular weight is 484 g/mol. The lowest BCUT2D eigenvalue weighted by molar-refractivity contribution is -0.140. The van der Waals surface area contributed by atoms with E-state index in [9.17, 15) is 19.2 Å². The number of rotatable bonds is 6. The molecule has 0 aromatic heterocycles. The second kappa shape index (κ2) is 10.4. The number of hydrogen-bond acceptors (Lipinski definition) is 5. The summed E-state index contributed by atoms with van der Waals surface area (Å²) in [6.45, 7) is 8.17. The lowest BCUT2D eigenvalue weighted by Crippen LogP contribution is -2.53. The van der Waals surface area contributed by atoms with E-state index in [1.165, 1.54) is 0 Å². The van der Waals surface area contributed by atoms with Gasteiger partial charge in [0, 0.05) is 31.9 Å². The van der Waals surface area contributed by atoms with Crippen LogP contribution in [0.4, 0.5) is 10.5 Å². The van der Waals surface area contributed by atoms with Crippen LogP contribution >= 0.6 is 0 Å². The van der Waals surface area contributed by atoms with Gasteiger partial charge in [0.1, 0.15) is 12.1 Å². The van der Waals surface area contributed by atoms with Gasteiger partial charge < -0.3 is 15.5 Å². The zero-order valence-electron chi connectivity index (χ0n) is 21.1. The van der Waals surface area contributed by atoms with Gasteiger partial charge in [0.25, 0.3) is 5.91 Å². The summed E-state index contributed by atoms with van der Waals surface area (Å²) in [5, 5.41) is 5.90. The van der Waals surface area contributed by atoms with Crippen molar-refractivity contribution in [1.82, 2.24) is 20.0 Å². The molecule has 2 aliphatic heterocycles. The first-order valence-corrected chi connectivity index (χ1v) is 12.7. The summed E-state index contributed by atoms with van der Waals surface area (Å²) in [6, 6.07) is 5.44. The normalized spacial score (nSPS) is 25.2. The molecular weight excluding hydrogens is 446 g/mol. The van der Waals surface area contributed by atoms with Crippen molar-refractivity contribution in [2.24, 2.45) is 5.92 Å². The average Bonchev–Trinajstić information content (AvgIpc) is 3.06. The Kier molecular flexibility index (Phi) is 7.44. The Labute approximate surface area is 207 Å². The molecule has 1 spiro atoms. The van der Waals surface area contributed by atoms with E-state index in [1.807, 2.05) is 36.9 Å².